The summed E-state index contributed by atoms with van der Waals surface area (Å²) in [7, 11) is -1.57. The van der Waals surface area contributed by atoms with Crippen molar-refractivity contribution in [3.63, 3.8) is 0 Å². The number of hydrogen-bond donors (Lipinski definition) is 0. The molecule has 0 radical (unpaired) electrons. The quantitative estimate of drug-likeness (QED) is 0.800. The van der Waals surface area contributed by atoms with Crippen LogP contribution in [0.15, 0.2) is 54.6 Å². The van der Waals surface area contributed by atoms with Crippen LogP contribution in [0.3, 0.4) is 0 Å². The number of piperazine rings is 1. The van der Waals surface area contributed by atoms with Crippen molar-refractivity contribution in [2.45, 2.75) is 18.6 Å². The second-order valence-electron chi connectivity index (χ2n) is 7.06. The Labute approximate surface area is 159 Å². The molecule has 0 saturated carbocycles. The van der Waals surface area contributed by atoms with E-state index in [1.807, 2.05) is 59.5 Å². The Balaban J connectivity index is 1.63. The molecule has 142 valence electrons. The molecule has 0 aliphatic carbocycles. The minimum atomic E-state index is -3.18. The van der Waals surface area contributed by atoms with E-state index in [1.165, 1.54) is 0 Å². The lowest BCUT2D eigenvalue weighted by molar-refractivity contribution is -0.123. The van der Waals surface area contributed by atoms with Crippen molar-refractivity contribution >= 4 is 21.4 Å². The van der Waals surface area contributed by atoms with Crippen LogP contribution in [0.2, 0.25) is 0 Å². The topological polar surface area (TPSA) is 66.9 Å². The molecule has 0 unspecified atom stereocenters. The molecule has 0 aromatic heterocycles. The first-order chi connectivity index (χ1) is 13.0. The molecule has 2 aliphatic rings. The lowest BCUT2D eigenvalue weighted by atomic mass is 10.0. The van der Waals surface area contributed by atoms with E-state index >= 15 is 0 Å². The maximum absolute atomic E-state index is 12.9. The average molecular weight is 386 g/mol. The highest BCUT2D eigenvalue weighted by atomic mass is 32.2. The van der Waals surface area contributed by atoms with E-state index in [4.69, 9.17) is 4.74 Å². The normalized spacial score (nSPS) is 24.6. The lowest BCUT2D eigenvalue weighted by Crippen LogP contribution is -2.61. The molecular weight excluding hydrogens is 364 g/mol. The van der Waals surface area contributed by atoms with Gasteiger partial charge in [0.05, 0.1) is 31.2 Å². The average Bonchev–Trinajstić information content (AvgIpc) is 2.98. The number of rotatable bonds is 4. The summed E-state index contributed by atoms with van der Waals surface area (Å²) in [4.78, 5) is 16.6. The Bertz CT molecular complexity index is 928. The van der Waals surface area contributed by atoms with Crippen LogP contribution in [0.5, 0.6) is 5.75 Å². The fourth-order valence-corrected chi connectivity index (χ4v) is 6.00. The lowest BCUT2D eigenvalue weighted by Gasteiger charge is -2.43. The van der Waals surface area contributed by atoms with Gasteiger partial charge in [-0.15, -0.1) is 0 Å². The monoisotopic (exact) mass is 386 g/mol. The number of amides is 1. The first-order valence-electron chi connectivity index (χ1n) is 8.91. The zero-order chi connectivity index (χ0) is 19.0. The van der Waals surface area contributed by atoms with Crippen molar-refractivity contribution < 1.29 is 17.9 Å². The number of anilines is 1. The van der Waals surface area contributed by atoms with Gasteiger partial charge in [0.1, 0.15) is 5.75 Å². The molecule has 2 saturated heterocycles. The van der Waals surface area contributed by atoms with E-state index in [1.54, 1.807) is 12.0 Å². The number of nitrogens with zero attached hydrogens (tertiary/aromatic N) is 2. The summed E-state index contributed by atoms with van der Waals surface area (Å²) in [5.41, 5.74) is 1.79. The molecule has 7 heteroatoms. The summed E-state index contributed by atoms with van der Waals surface area (Å²) < 4.78 is 29.9. The van der Waals surface area contributed by atoms with Gasteiger partial charge in [0.15, 0.2) is 9.84 Å². The van der Waals surface area contributed by atoms with Crippen molar-refractivity contribution in [3.05, 3.63) is 60.2 Å². The first kappa shape index (κ1) is 18.0. The number of hydrogen-bond acceptors (Lipinski definition) is 5. The van der Waals surface area contributed by atoms with Gasteiger partial charge in [0, 0.05) is 18.3 Å². The van der Waals surface area contributed by atoms with E-state index < -0.39 is 9.84 Å². The summed E-state index contributed by atoms with van der Waals surface area (Å²) in [6.45, 7) is 0.743. The minimum Gasteiger partial charge on any atom is -0.497 e. The van der Waals surface area contributed by atoms with Gasteiger partial charge < -0.3 is 9.64 Å². The predicted octanol–water partition coefficient (Wildman–Crippen LogP) is 1.71. The maximum atomic E-state index is 12.9. The SMILES string of the molecule is COc1ccc(CN2CC(=O)N(c3ccccc3)[C@@H]3CS(=O)(=O)C[C@@H]32)cc1. The Morgan fingerprint density at radius 3 is 2.33 bits per heavy atom. The second-order valence-corrected chi connectivity index (χ2v) is 9.22. The first-order valence-corrected chi connectivity index (χ1v) is 10.7. The van der Waals surface area contributed by atoms with Gasteiger partial charge in [-0.3, -0.25) is 9.69 Å². The summed E-state index contributed by atoms with van der Waals surface area (Å²) in [5, 5.41) is 0. The highest BCUT2D eigenvalue weighted by Crippen LogP contribution is 2.32. The molecule has 2 aromatic rings. The van der Waals surface area contributed by atoms with Crippen molar-refractivity contribution in [2.24, 2.45) is 0 Å². The zero-order valence-electron chi connectivity index (χ0n) is 15.1. The van der Waals surface area contributed by atoms with E-state index in [0.717, 1.165) is 17.0 Å². The van der Waals surface area contributed by atoms with Crippen LogP contribution in [0.1, 0.15) is 5.56 Å². The van der Waals surface area contributed by atoms with E-state index in [0.29, 0.717) is 6.54 Å². The third-order valence-corrected chi connectivity index (χ3v) is 6.98. The molecule has 27 heavy (non-hydrogen) atoms. The highest BCUT2D eigenvalue weighted by molar-refractivity contribution is 7.91. The van der Waals surface area contributed by atoms with Crippen LogP contribution in [0.4, 0.5) is 5.69 Å². The number of fused-ring (bicyclic) bond motifs is 1. The zero-order valence-corrected chi connectivity index (χ0v) is 15.9. The molecule has 2 heterocycles. The Kier molecular flexibility index (Phi) is 4.65. The minimum absolute atomic E-state index is 0.0113. The third-order valence-electron chi connectivity index (χ3n) is 5.28. The molecule has 6 nitrogen and oxygen atoms in total. The van der Waals surface area contributed by atoms with E-state index in [-0.39, 0.29) is 36.0 Å². The smallest absolute Gasteiger partial charge is 0.241 e. The van der Waals surface area contributed by atoms with Crippen LogP contribution >= 0.6 is 0 Å². The number of benzene rings is 2. The van der Waals surface area contributed by atoms with Crippen LogP contribution in [-0.4, -0.2) is 56.5 Å². The van der Waals surface area contributed by atoms with Crippen LogP contribution in [-0.2, 0) is 21.2 Å². The highest BCUT2D eigenvalue weighted by Gasteiger charge is 2.49. The molecular formula is C20H22N2O4S. The standard InChI is InChI=1S/C20H22N2O4S/c1-26-17-9-7-15(8-10-17)11-21-12-20(23)22(16-5-3-2-4-6-16)19-14-27(24,25)13-18(19)21/h2-10,18-19H,11-14H2,1H3/t18-,19+/m0/s1. The third kappa shape index (κ3) is 3.57. The summed E-state index contributed by atoms with van der Waals surface area (Å²) in [6.07, 6.45) is 0. The van der Waals surface area contributed by atoms with Crippen molar-refractivity contribution in [2.75, 3.05) is 30.1 Å². The maximum Gasteiger partial charge on any atom is 0.241 e. The molecule has 0 spiro atoms. The number of carbonyl (C=O) groups excluding carboxylic acids is 1. The molecule has 0 bridgehead atoms. The van der Waals surface area contributed by atoms with Gasteiger partial charge in [-0.2, -0.15) is 0 Å². The predicted molar refractivity (Wildman–Crippen MR) is 104 cm³/mol. The van der Waals surface area contributed by atoms with Gasteiger partial charge >= 0.3 is 0 Å². The molecule has 4 rings (SSSR count). The van der Waals surface area contributed by atoms with Crippen molar-refractivity contribution in [1.29, 1.82) is 0 Å². The molecule has 2 aromatic carbocycles. The Morgan fingerprint density at radius 1 is 1.00 bits per heavy atom. The van der Waals surface area contributed by atoms with Crippen LogP contribution in [0, 0.1) is 0 Å². The second kappa shape index (κ2) is 6.98. The number of para-hydroxylation sites is 1. The summed E-state index contributed by atoms with van der Waals surface area (Å²) >= 11 is 0. The number of ether oxygens (including phenoxy) is 1. The fraction of sp³-hybridized carbons (Fsp3) is 0.350. The molecule has 2 aliphatic heterocycles. The van der Waals surface area contributed by atoms with Crippen molar-refractivity contribution in [1.82, 2.24) is 4.90 Å². The van der Waals surface area contributed by atoms with Crippen molar-refractivity contribution in [3.8, 4) is 5.75 Å². The van der Waals surface area contributed by atoms with Gasteiger partial charge in [-0.1, -0.05) is 30.3 Å². The number of methoxy groups -OCH3 is 1. The van der Waals surface area contributed by atoms with Gasteiger partial charge in [0.2, 0.25) is 5.91 Å². The fourth-order valence-electron chi connectivity index (χ4n) is 4.02. The van der Waals surface area contributed by atoms with Gasteiger partial charge in [0.25, 0.3) is 0 Å². The van der Waals surface area contributed by atoms with E-state index in [9.17, 15) is 13.2 Å². The van der Waals surface area contributed by atoms with Gasteiger partial charge in [-0.25, -0.2) is 8.42 Å². The molecule has 2 atom stereocenters. The van der Waals surface area contributed by atoms with Gasteiger partial charge in [-0.05, 0) is 29.8 Å². The Hall–Kier alpha value is -2.38. The Morgan fingerprint density at radius 2 is 1.67 bits per heavy atom. The molecule has 1 amide bonds. The summed E-state index contributed by atoms with van der Waals surface area (Å²) in [6, 6.07) is 16.4. The number of carbonyl (C=O) groups is 1. The number of sulfone groups is 1. The molecule has 2 fully saturated rings. The largest absolute Gasteiger partial charge is 0.497 e. The van der Waals surface area contributed by atoms with Crippen LogP contribution < -0.4 is 9.64 Å². The van der Waals surface area contributed by atoms with E-state index in [2.05, 4.69) is 0 Å². The van der Waals surface area contributed by atoms with Crippen LogP contribution in [0.25, 0.3) is 0 Å². The summed E-state index contributed by atoms with van der Waals surface area (Å²) in [5.74, 6) is 0.806. The molecule has 0 N–H and O–H groups in total.